The molecule has 6 heteroatoms. The fourth-order valence-electron chi connectivity index (χ4n) is 1.74. The van der Waals surface area contributed by atoms with Crippen LogP contribution in [0.15, 0.2) is 17.1 Å². The van der Waals surface area contributed by atoms with Gasteiger partial charge in [0.1, 0.15) is 0 Å². The van der Waals surface area contributed by atoms with Crippen molar-refractivity contribution in [2.45, 2.75) is 25.8 Å². The van der Waals surface area contributed by atoms with E-state index in [1.165, 1.54) is 0 Å². The lowest BCUT2D eigenvalue weighted by atomic mass is 10.3. The first-order valence-corrected chi connectivity index (χ1v) is 7.68. The third-order valence-corrected chi connectivity index (χ3v) is 4.40. The summed E-state index contributed by atoms with van der Waals surface area (Å²) in [5.41, 5.74) is 0. The van der Waals surface area contributed by atoms with E-state index in [2.05, 4.69) is 21.7 Å². The molecule has 5 nitrogen and oxygen atoms in total. The normalized spacial score (nSPS) is 24.1. The Labute approximate surface area is 103 Å². The molecule has 1 aliphatic heterocycles. The maximum absolute atomic E-state index is 11.3. The Morgan fingerprint density at radius 3 is 2.82 bits per heavy atom. The van der Waals surface area contributed by atoms with E-state index in [0.29, 0.717) is 12.4 Å². The standard InChI is InChI=1S/C11H21N3O2S/c1-3-4-5-7-13-11(12-2)14-10-6-8-17(15,16)9-10/h3-4,10H,5-9H2,1-2H3,(H2,12,13,14). The first-order valence-electron chi connectivity index (χ1n) is 5.86. The summed E-state index contributed by atoms with van der Waals surface area (Å²) >= 11 is 0. The first-order chi connectivity index (χ1) is 8.07. The zero-order valence-corrected chi connectivity index (χ0v) is 11.3. The minimum Gasteiger partial charge on any atom is -0.356 e. The van der Waals surface area contributed by atoms with Gasteiger partial charge in [-0.15, -0.1) is 0 Å². The monoisotopic (exact) mass is 259 g/mol. The fraction of sp³-hybridized carbons (Fsp3) is 0.727. The van der Waals surface area contributed by atoms with Crippen molar-refractivity contribution in [3.8, 4) is 0 Å². The van der Waals surface area contributed by atoms with E-state index in [4.69, 9.17) is 0 Å². The molecule has 0 aromatic carbocycles. The molecule has 0 amide bonds. The number of hydrogen-bond acceptors (Lipinski definition) is 3. The van der Waals surface area contributed by atoms with Crippen molar-refractivity contribution in [3.63, 3.8) is 0 Å². The Morgan fingerprint density at radius 2 is 2.29 bits per heavy atom. The minimum absolute atomic E-state index is 0.00656. The third-order valence-electron chi connectivity index (χ3n) is 2.64. The second kappa shape index (κ2) is 6.64. The summed E-state index contributed by atoms with van der Waals surface area (Å²) in [6.07, 6.45) is 5.67. The van der Waals surface area contributed by atoms with Gasteiger partial charge in [0.15, 0.2) is 15.8 Å². The Balaban J connectivity index is 2.33. The number of nitrogens with zero attached hydrogens (tertiary/aromatic N) is 1. The quantitative estimate of drug-likeness (QED) is 0.330. The molecule has 1 atom stereocenters. The van der Waals surface area contributed by atoms with Crippen LogP contribution in [0.3, 0.4) is 0 Å². The van der Waals surface area contributed by atoms with E-state index in [9.17, 15) is 8.42 Å². The maximum atomic E-state index is 11.3. The van der Waals surface area contributed by atoms with Crippen molar-refractivity contribution in [1.82, 2.24) is 10.6 Å². The smallest absolute Gasteiger partial charge is 0.191 e. The fourth-order valence-corrected chi connectivity index (χ4v) is 3.41. The lowest BCUT2D eigenvalue weighted by Crippen LogP contribution is -2.44. The van der Waals surface area contributed by atoms with Gasteiger partial charge in [-0.1, -0.05) is 12.2 Å². The number of rotatable bonds is 4. The molecular formula is C11H21N3O2S. The lowest BCUT2D eigenvalue weighted by Gasteiger charge is -2.15. The summed E-state index contributed by atoms with van der Waals surface area (Å²) < 4.78 is 22.6. The Morgan fingerprint density at radius 1 is 1.53 bits per heavy atom. The highest BCUT2D eigenvalue weighted by Crippen LogP contribution is 2.10. The van der Waals surface area contributed by atoms with Gasteiger partial charge in [-0.3, -0.25) is 4.99 Å². The van der Waals surface area contributed by atoms with Crippen LogP contribution < -0.4 is 10.6 Å². The number of allylic oxidation sites excluding steroid dienone is 1. The van der Waals surface area contributed by atoms with Gasteiger partial charge in [0, 0.05) is 19.6 Å². The predicted octanol–water partition coefficient (Wildman–Crippen LogP) is 0.305. The van der Waals surface area contributed by atoms with Crippen LogP contribution in [0.5, 0.6) is 0 Å². The number of guanidine groups is 1. The maximum Gasteiger partial charge on any atom is 0.191 e. The SMILES string of the molecule is CC=CCCNC(=NC)NC1CCS(=O)(=O)C1. The molecule has 0 saturated carbocycles. The number of nitrogens with one attached hydrogen (secondary N) is 2. The van der Waals surface area contributed by atoms with Gasteiger partial charge in [-0.05, 0) is 19.8 Å². The van der Waals surface area contributed by atoms with Gasteiger partial charge in [-0.25, -0.2) is 8.42 Å². The Hall–Kier alpha value is -1.04. The highest BCUT2D eigenvalue weighted by atomic mass is 32.2. The average Bonchev–Trinajstić information content (AvgIpc) is 2.62. The zero-order chi connectivity index (χ0) is 12.7. The summed E-state index contributed by atoms with van der Waals surface area (Å²) in [7, 11) is -1.15. The molecule has 98 valence electrons. The zero-order valence-electron chi connectivity index (χ0n) is 10.4. The number of hydrogen-bond donors (Lipinski definition) is 2. The molecule has 2 N–H and O–H groups in total. The summed E-state index contributed by atoms with van der Waals surface area (Å²) in [5.74, 6) is 1.17. The van der Waals surface area contributed by atoms with Gasteiger partial charge in [-0.2, -0.15) is 0 Å². The van der Waals surface area contributed by atoms with E-state index < -0.39 is 9.84 Å². The molecule has 0 radical (unpaired) electrons. The predicted molar refractivity (Wildman–Crippen MR) is 71.0 cm³/mol. The van der Waals surface area contributed by atoms with Gasteiger partial charge in [0.2, 0.25) is 0 Å². The average molecular weight is 259 g/mol. The second-order valence-electron chi connectivity index (χ2n) is 4.10. The van der Waals surface area contributed by atoms with Crippen LogP contribution in [0.2, 0.25) is 0 Å². The van der Waals surface area contributed by atoms with Gasteiger partial charge < -0.3 is 10.6 Å². The molecule has 0 aliphatic carbocycles. The van der Waals surface area contributed by atoms with Crippen LogP contribution in [0.25, 0.3) is 0 Å². The Bertz CT molecular complexity index is 388. The molecule has 1 fully saturated rings. The van der Waals surface area contributed by atoms with Crippen molar-refractivity contribution < 1.29 is 8.42 Å². The van der Waals surface area contributed by atoms with E-state index in [-0.39, 0.29) is 17.5 Å². The van der Waals surface area contributed by atoms with E-state index >= 15 is 0 Å². The van der Waals surface area contributed by atoms with Crippen LogP contribution >= 0.6 is 0 Å². The molecule has 1 saturated heterocycles. The highest BCUT2D eigenvalue weighted by Gasteiger charge is 2.28. The lowest BCUT2D eigenvalue weighted by molar-refractivity contribution is 0.599. The molecule has 1 unspecified atom stereocenters. The highest BCUT2D eigenvalue weighted by molar-refractivity contribution is 7.91. The molecule has 1 rings (SSSR count). The summed E-state index contributed by atoms with van der Waals surface area (Å²) in [4.78, 5) is 4.07. The van der Waals surface area contributed by atoms with E-state index in [1.807, 2.05) is 13.0 Å². The number of aliphatic imine (C=N–C) groups is 1. The van der Waals surface area contributed by atoms with Crippen molar-refractivity contribution in [3.05, 3.63) is 12.2 Å². The molecule has 1 heterocycles. The molecule has 0 aromatic rings. The first kappa shape index (κ1) is 14.0. The van der Waals surface area contributed by atoms with Crippen LogP contribution in [-0.4, -0.2) is 45.5 Å². The van der Waals surface area contributed by atoms with Crippen molar-refractivity contribution in [1.29, 1.82) is 0 Å². The van der Waals surface area contributed by atoms with E-state index in [1.54, 1.807) is 7.05 Å². The third kappa shape index (κ3) is 5.21. The number of sulfone groups is 1. The van der Waals surface area contributed by atoms with Gasteiger partial charge >= 0.3 is 0 Å². The molecule has 1 aliphatic rings. The summed E-state index contributed by atoms with van der Waals surface area (Å²) in [6, 6.07) is -0.00656. The molecule has 0 spiro atoms. The van der Waals surface area contributed by atoms with Crippen LogP contribution in [0.1, 0.15) is 19.8 Å². The molecule has 0 bridgehead atoms. The topological polar surface area (TPSA) is 70.6 Å². The van der Waals surface area contributed by atoms with Gasteiger partial charge in [0.25, 0.3) is 0 Å². The van der Waals surface area contributed by atoms with E-state index in [0.717, 1.165) is 13.0 Å². The molecule has 17 heavy (non-hydrogen) atoms. The van der Waals surface area contributed by atoms with Crippen molar-refractivity contribution in [2.75, 3.05) is 25.1 Å². The largest absolute Gasteiger partial charge is 0.356 e. The minimum atomic E-state index is -2.83. The summed E-state index contributed by atoms with van der Waals surface area (Å²) in [6.45, 7) is 2.78. The van der Waals surface area contributed by atoms with Crippen LogP contribution in [0.4, 0.5) is 0 Å². The van der Waals surface area contributed by atoms with Crippen molar-refractivity contribution in [2.24, 2.45) is 4.99 Å². The Kier molecular flexibility index (Phi) is 5.47. The van der Waals surface area contributed by atoms with Gasteiger partial charge in [0.05, 0.1) is 11.5 Å². The molecule has 0 aromatic heterocycles. The van der Waals surface area contributed by atoms with Crippen LogP contribution in [-0.2, 0) is 9.84 Å². The molecular weight excluding hydrogens is 238 g/mol. The summed E-state index contributed by atoms with van der Waals surface area (Å²) in [5, 5.41) is 6.29. The van der Waals surface area contributed by atoms with Crippen LogP contribution in [0, 0.1) is 0 Å². The second-order valence-corrected chi connectivity index (χ2v) is 6.33. The van der Waals surface area contributed by atoms with Crippen molar-refractivity contribution >= 4 is 15.8 Å².